The van der Waals surface area contributed by atoms with Crippen LogP contribution >= 0.6 is 0 Å². The second-order valence-electron chi connectivity index (χ2n) is 5.89. The zero-order valence-electron chi connectivity index (χ0n) is 11.1. The summed E-state index contributed by atoms with van der Waals surface area (Å²) in [7, 11) is -2.91. The van der Waals surface area contributed by atoms with Gasteiger partial charge in [-0.05, 0) is 24.2 Å². The molecule has 0 radical (unpaired) electrons. The highest BCUT2D eigenvalue weighted by molar-refractivity contribution is 7.91. The van der Waals surface area contributed by atoms with Crippen LogP contribution in [-0.4, -0.2) is 44.1 Å². The van der Waals surface area contributed by atoms with E-state index in [1.807, 2.05) is 13.8 Å². The Morgan fingerprint density at radius 3 is 2.61 bits per heavy atom. The summed E-state index contributed by atoms with van der Waals surface area (Å²) in [5, 5.41) is 11.7. The van der Waals surface area contributed by atoms with E-state index in [-0.39, 0.29) is 41.8 Å². The van der Waals surface area contributed by atoms with E-state index in [0.717, 1.165) is 0 Å². The first-order chi connectivity index (χ1) is 8.24. The van der Waals surface area contributed by atoms with Crippen LogP contribution in [0.2, 0.25) is 0 Å². The molecule has 1 aliphatic heterocycles. The van der Waals surface area contributed by atoms with E-state index in [1.165, 1.54) is 0 Å². The smallest absolute Gasteiger partial charge is 0.220 e. The van der Waals surface area contributed by atoms with Gasteiger partial charge < -0.3 is 10.4 Å². The lowest BCUT2D eigenvalue weighted by molar-refractivity contribution is -0.122. The van der Waals surface area contributed by atoms with E-state index in [2.05, 4.69) is 5.32 Å². The number of sulfone groups is 1. The molecule has 0 aromatic carbocycles. The van der Waals surface area contributed by atoms with E-state index in [1.54, 1.807) is 0 Å². The van der Waals surface area contributed by atoms with Gasteiger partial charge in [0.05, 0.1) is 11.5 Å². The number of amides is 1. The molecule has 0 saturated carbocycles. The van der Waals surface area contributed by atoms with Gasteiger partial charge in [-0.2, -0.15) is 0 Å². The summed E-state index contributed by atoms with van der Waals surface area (Å²) >= 11 is 0. The molecule has 2 N–H and O–H groups in total. The van der Waals surface area contributed by atoms with Crippen molar-refractivity contribution in [2.24, 2.45) is 11.3 Å². The van der Waals surface area contributed by atoms with Crippen LogP contribution in [0.5, 0.6) is 0 Å². The third kappa shape index (κ3) is 5.35. The molecule has 0 bridgehead atoms. The van der Waals surface area contributed by atoms with Crippen molar-refractivity contribution in [1.82, 2.24) is 5.32 Å². The molecule has 1 fully saturated rings. The van der Waals surface area contributed by atoms with Crippen LogP contribution in [0.15, 0.2) is 0 Å². The van der Waals surface area contributed by atoms with Crippen LogP contribution in [0.4, 0.5) is 0 Å². The zero-order chi connectivity index (χ0) is 13.8. The molecule has 0 aromatic rings. The van der Waals surface area contributed by atoms with Crippen molar-refractivity contribution >= 4 is 15.7 Å². The zero-order valence-corrected chi connectivity index (χ0v) is 11.9. The first kappa shape index (κ1) is 15.4. The van der Waals surface area contributed by atoms with E-state index < -0.39 is 9.84 Å². The van der Waals surface area contributed by atoms with Crippen molar-refractivity contribution < 1.29 is 18.3 Å². The molecule has 0 aliphatic carbocycles. The lowest BCUT2D eigenvalue weighted by atomic mass is 9.89. The molecular formula is C12H23NO4S. The second-order valence-corrected chi connectivity index (χ2v) is 8.12. The average molecular weight is 277 g/mol. The van der Waals surface area contributed by atoms with Gasteiger partial charge in [-0.15, -0.1) is 0 Å². The molecule has 1 heterocycles. The summed E-state index contributed by atoms with van der Waals surface area (Å²) in [5.41, 5.74) is -0.133. The van der Waals surface area contributed by atoms with Crippen molar-refractivity contribution in [3.8, 4) is 0 Å². The van der Waals surface area contributed by atoms with Crippen molar-refractivity contribution in [3.05, 3.63) is 0 Å². The Hall–Kier alpha value is -0.620. The lowest BCUT2D eigenvalue weighted by Gasteiger charge is -2.24. The van der Waals surface area contributed by atoms with Gasteiger partial charge in [0.25, 0.3) is 0 Å². The summed E-state index contributed by atoms with van der Waals surface area (Å²) < 4.78 is 22.5. The Bertz CT molecular complexity index is 389. The van der Waals surface area contributed by atoms with Gasteiger partial charge in [0, 0.05) is 19.6 Å². The molecule has 1 aliphatic rings. The Morgan fingerprint density at radius 2 is 2.11 bits per heavy atom. The maximum atomic E-state index is 11.7. The highest BCUT2D eigenvalue weighted by Gasteiger charge is 2.29. The van der Waals surface area contributed by atoms with E-state index in [0.29, 0.717) is 19.4 Å². The van der Waals surface area contributed by atoms with E-state index in [4.69, 9.17) is 5.11 Å². The number of nitrogens with one attached hydrogen (secondary N) is 1. The van der Waals surface area contributed by atoms with Gasteiger partial charge in [0.1, 0.15) is 0 Å². The molecule has 1 amide bonds. The summed E-state index contributed by atoms with van der Waals surface area (Å²) in [4.78, 5) is 11.7. The highest BCUT2D eigenvalue weighted by Crippen LogP contribution is 2.22. The van der Waals surface area contributed by atoms with Crippen LogP contribution in [0.25, 0.3) is 0 Å². The van der Waals surface area contributed by atoms with Crippen molar-refractivity contribution in [2.75, 3.05) is 24.7 Å². The monoisotopic (exact) mass is 277 g/mol. The predicted molar refractivity (Wildman–Crippen MR) is 69.9 cm³/mol. The lowest BCUT2D eigenvalue weighted by Crippen LogP contribution is -2.35. The van der Waals surface area contributed by atoms with E-state index in [9.17, 15) is 13.2 Å². The molecular weight excluding hydrogens is 254 g/mol. The number of hydrogen-bond donors (Lipinski definition) is 2. The fraction of sp³-hybridized carbons (Fsp3) is 0.917. The molecule has 18 heavy (non-hydrogen) atoms. The average Bonchev–Trinajstić information content (AvgIpc) is 2.55. The van der Waals surface area contributed by atoms with Crippen LogP contribution in [0, 0.1) is 11.3 Å². The Balaban J connectivity index is 2.30. The van der Waals surface area contributed by atoms with Crippen LogP contribution in [-0.2, 0) is 14.6 Å². The fourth-order valence-corrected chi connectivity index (χ4v) is 3.96. The number of aliphatic hydroxyl groups excluding tert-OH is 1. The first-order valence-corrected chi connectivity index (χ1v) is 8.14. The van der Waals surface area contributed by atoms with Crippen LogP contribution in [0.3, 0.4) is 0 Å². The quantitative estimate of drug-likeness (QED) is 0.733. The van der Waals surface area contributed by atoms with Gasteiger partial charge in [-0.1, -0.05) is 13.8 Å². The molecule has 0 spiro atoms. The van der Waals surface area contributed by atoms with E-state index >= 15 is 0 Å². The van der Waals surface area contributed by atoms with Crippen LogP contribution < -0.4 is 5.32 Å². The Morgan fingerprint density at radius 1 is 1.44 bits per heavy atom. The summed E-state index contributed by atoms with van der Waals surface area (Å²) in [6.07, 6.45) is 1.51. The third-order valence-corrected chi connectivity index (χ3v) is 5.19. The van der Waals surface area contributed by atoms with Gasteiger partial charge in [0.15, 0.2) is 9.84 Å². The SMILES string of the molecule is CC(C)(CCO)CNC(=O)CC1CCS(=O)(=O)C1. The molecule has 5 nitrogen and oxygen atoms in total. The Labute approximate surface area is 109 Å². The predicted octanol–water partition coefficient (Wildman–Crippen LogP) is 0.336. The molecule has 106 valence electrons. The minimum absolute atomic E-state index is 0.0315. The molecule has 6 heteroatoms. The van der Waals surface area contributed by atoms with Crippen molar-refractivity contribution in [1.29, 1.82) is 0 Å². The number of carbonyl (C=O) groups excluding carboxylic acids is 1. The van der Waals surface area contributed by atoms with Gasteiger partial charge in [0.2, 0.25) is 5.91 Å². The Kier molecular flexibility index (Phi) is 5.16. The number of rotatable bonds is 6. The minimum Gasteiger partial charge on any atom is -0.396 e. The number of aliphatic hydroxyl groups is 1. The highest BCUT2D eigenvalue weighted by atomic mass is 32.2. The molecule has 1 unspecified atom stereocenters. The van der Waals surface area contributed by atoms with Gasteiger partial charge >= 0.3 is 0 Å². The summed E-state index contributed by atoms with van der Waals surface area (Å²) in [6.45, 7) is 4.56. The topological polar surface area (TPSA) is 83.5 Å². The van der Waals surface area contributed by atoms with Crippen molar-refractivity contribution in [3.63, 3.8) is 0 Å². The van der Waals surface area contributed by atoms with Gasteiger partial charge in [-0.25, -0.2) is 8.42 Å². The fourth-order valence-electron chi connectivity index (χ4n) is 2.10. The minimum atomic E-state index is -2.91. The number of hydrogen-bond acceptors (Lipinski definition) is 4. The largest absolute Gasteiger partial charge is 0.396 e. The maximum Gasteiger partial charge on any atom is 0.220 e. The standard InChI is InChI=1S/C12H23NO4S/c1-12(2,4-5-14)9-13-11(15)7-10-3-6-18(16,17)8-10/h10,14H,3-9H2,1-2H3,(H,13,15). The second kappa shape index (κ2) is 6.02. The summed E-state index contributed by atoms with van der Waals surface area (Å²) in [5.74, 6) is 0.223. The third-order valence-electron chi connectivity index (χ3n) is 3.35. The molecule has 0 aromatic heterocycles. The van der Waals surface area contributed by atoms with Crippen LogP contribution in [0.1, 0.15) is 33.1 Å². The summed E-state index contributed by atoms with van der Waals surface area (Å²) in [6, 6.07) is 0. The molecule has 1 rings (SSSR count). The van der Waals surface area contributed by atoms with Gasteiger partial charge in [-0.3, -0.25) is 4.79 Å². The van der Waals surface area contributed by atoms with Crippen molar-refractivity contribution in [2.45, 2.75) is 33.1 Å². The number of carbonyl (C=O) groups is 1. The molecule has 1 saturated heterocycles. The normalized spacial score (nSPS) is 22.9. The first-order valence-electron chi connectivity index (χ1n) is 6.32. The maximum absolute atomic E-state index is 11.7. The molecule has 1 atom stereocenters.